The molecule has 0 amide bonds. The lowest BCUT2D eigenvalue weighted by Crippen LogP contribution is -2.04. The van der Waals surface area contributed by atoms with Crippen LogP contribution in [0.25, 0.3) is 0 Å². The summed E-state index contributed by atoms with van der Waals surface area (Å²) in [6.07, 6.45) is 0.963. The zero-order valence-corrected chi connectivity index (χ0v) is 7.02. The van der Waals surface area contributed by atoms with Gasteiger partial charge in [-0.1, -0.05) is 0 Å². The van der Waals surface area contributed by atoms with Crippen molar-refractivity contribution in [1.82, 2.24) is 4.98 Å². The fraction of sp³-hybridized carbons (Fsp3) is 0.250. The molecule has 0 aliphatic heterocycles. The zero-order valence-electron chi connectivity index (χ0n) is 7.02. The van der Waals surface area contributed by atoms with Crippen molar-refractivity contribution in [3.63, 3.8) is 0 Å². The summed E-state index contributed by atoms with van der Waals surface area (Å²) in [5.41, 5.74) is 0.299. The first-order chi connectivity index (χ1) is 6.13. The molecule has 0 saturated heterocycles. The molecule has 0 bridgehead atoms. The Balaban J connectivity index is 2.99. The predicted octanol–water partition coefficient (Wildman–Crippen LogP) is 0.423. The van der Waals surface area contributed by atoms with E-state index in [4.69, 9.17) is 14.9 Å². The summed E-state index contributed by atoms with van der Waals surface area (Å²) in [5.74, 6) is -0.759. The number of rotatable bonds is 3. The summed E-state index contributed by atoms with van der Waals surface area (Å²) in [6, 6.07) is 1.32. The lowest BCUT2D eigenvalue weighted by atomic mass is 10.2. The molecule has 5 heteroatoms. The van der Waals surface area contributed by atoms with E-state index in [2.05, 4.69) is 4.98 Å². The molecule has 0 aliphatic carbocycles. The molecule has 1 aromatic heterocycles. The lowest BCUT2D eigenvalue weighted by molar-refractivity contribution is -0.136. The van der Waals surface area contributed by atoms with Gasteiger partial charge in [-0.25, -0.2) is 0 Å². The van der Waals surface area contributed by atoms with Crippen molar-refractivity contribution in [3.8, 4) is 11.5 Å². The third kappa shape index (κ3) is 2.33. The molecule has 0 fully saturated rings. The maximum atomic E-state index is 10.4. The van der Waals surface area contributed by atoms with Crippen LogP contribution in [0.4, 0.5) is 0 Å². The van der Waals surface area contributed by atoms with Crippen LogP contribution >= 0.6 is 0 Å². The number of pyridine rings is 1. The van der Waals surface area contributed by atoms with Gasteiger partial charge in [-0.15, -0.1) is 0 Å². The molecule has 2 N–H and O–H groups in total. The summed E-state index contributed by atoms with van der Waals surface area (Å²) in [7, 11) is 1.39. The average molecular weight is 183 g/mol. The van der Waals surface area contributed by atoms with Gasteiger partial charge in [0, 0.05) is 6.07 Å². The lowest BCUT2D eigenvalue weighted by Gasteiger charge is -2.04. The molecule has 0 unspecified atom stereocenters. The van der Waals surface area contributed by atoms with Gasteiger partial charge in [0.15, 0.2) is 0 Å². The molecule has 1 heterocycles. The second-order valence-electron chi connectivity index (χ2n) is 2.41. The quantitative estimate of drug-likeness (QED) is 0.710. The van der Waals surface area contributed by atoms with Gasteiger partial charge in [0.05, 0.1) is 25.4 Å². The number of aromatic nitrogens is 1. The van der Waals surface area contributed by atoms with Gasteiger partial charge in [-0.3, -0.25) is 9.78 Å². The van der Waals surface area contributed by atoms with Crippen molar-refractivity contribution >= 4 is 5.97 Å². The van der Waals surface area contributed by atoms with E-state index in [1.807, 2.05) is 0 Å². The van der Waals surface area contributed by atoms with Gasteiger partial charge in [0.1, 0.15) is 11.5 Å². The average Bonchev–Trinajstić information content (AvgIpc) is 2.07. The molecule has 0 aromatic carbocycles. The number of carboxylic acid groups (broad SMARTS) is 1. The summed E-state index contributed by atoms with van der Waals surface area (Å²) < 4.78 is 4.84. The number of hydrogen-bond donors (Lipinski definition) is 2. The Labute approximate surface area is 74.6 Å². The third-order valence-corrected chi connectivity index (χ3v) is 1.45. The number of aliphatic carboxylic acids is 1. The van der Waals surface area contributed by atoms with Crippen LogP contribution in [-0.2, 0) is 11.2 Å². The Morgan fingerprint density at radius 3 is 2.92 bits per heavy atom. The van der Waals surface area contributed by atoms with Gasteiger partial charge in [-0.2, -0.15) is 0 Å². The van der Waals surface area contributed by atoms with Crippen LogP contribution in [0.3, 0.4) is 0 Å². The molecule has 1 aromatic rings. The van der Waals surface area contributed by atoms with Crippen molar-refractivity contribution in [1.29, 1.82) is 0 Å². The second kappa shape index (κ2) is 3.75. The van der Waals surface area contributed by atoms with Crippen molar-refractivity contribution < 1.29 is 19.7 Å². The monoisotopic (exact) mass is 183 g/mol. The van der Waals surface area contributed by atoms with Crippen LogP contribution in [0.2, 0.25) is 0 Å². The first kappa shape index (κ1) is 9.31. The molecule has 70 valence electrons. The largest absolute Gasteiger partial charge is 0.506 e. The van der Waals surface area contributed by atoms with Gasteiger partial charge < -0.3 is 14.9 Å². The third-order valence-electron chi connectivity index (χ3n) is 1.45. The molecule has 13 heavy (non-hydrogen) atoms. The summed E-state index contributed by atoms with van der Waals surface area (Å²) in [6.45, 7) is 0. The number of carboxylic acids is 1. The molecule has 0 aliphatic rings. The maximum Gasteiger partial charge on any atom is 0.309 e. The van der Waals surface area contributed by atoms with Gasteiger partial charge >= 0.3 is 5.97 Å². The molecule has 1 rings (SSSR count). The molecule has 0 radical (unpaired) electrons. The number of hydrogen-bond acceptors (Lipinski definition) is 4. The Hall–Kier alpha value is -1.78. The highest BCUT2D eigenvalue weighted by atomic mass is 16.5. The number of carbonyl (C=O) groups is 1. The number of ether oxygens (including phenoxy) is 1. The minimum atomic E-state index is -0.989. The fourth-order valence-corrected chi connectivity index (χ4v) is 0.915. The van der Waals surface area contributed by atoms with E-state index < -0.39 is 5.97 Å². The topological polar surface area (TPSA) is 79.7 Å². The number of aromatic hydroxyl groups is 1. The number of nitrogens with zero attached hydrogens (tertiary/aromatic N) is 1. The van der Waals surface area contributed by atoms with Gasteiger partial charge in [-0.05, 0) is 0 Å². The molecule has 0 spiro atoms. The molecular weight excluding hydrogens is 174 g/mol. The maximum absolute atomic E-state index is 10.4. The smallest absolute Gasteiger partial charge is 0.309 e. The van der Waals surface area contributed by atoms with Crippen LogP contribution in [0.1, 0.15) is 5.69 Å². The van der Waals surface area contributed by atoms with E-state index in [0.717, 1.165) is 0 Å². The van der Waals surface area contributed by atoms with Crippen molar-refractivity contribution in [2.75, 3.05) is 7.11 Å². The molecule has 0 saturated carbocycles. The first-order valence-corrected chi connectivity index (χ1v) is 3.57. The molecular formula is C8H9NO4. The van der Waals surface area contributed by atoms with Crippen LogP contribution in [-0.4, -0.2) is 28.3 Å². The van der Waals surface area contributed by atoms with Crippen LogP contribution < -0.4 is 4.74 Å². The van der Waals surface area contributed by atoms with Crippen LogP contribution in [0.15, 0.2) is 12.3 Å². The summed E-state index contributed by atoms with van der Waals surface area (Å²) in [5, 5.41) is 17.5. The van der Waals surface area contributed by atoms with E-state index in [-0.39, 0.29) is 17.9 Å². The van der Waals surface area contributed by atoms with Crippen molar-refractivity contribution in [2.45, 2.75) is 6.42 Å². The van der Waals surface area contributed by atoms with Crippen LogP contribution in [0.5, 0.6) is 11.5 Å². The highest BCUT2D eigenvalue weighted by Crippen LogP contribution is 2.21. The highest BCUT2D eigenvalue weighted by Gasteiger charge is 2.09. The Kier molecular flexibility index (Phi) is 2.69. The molecule has 5 nitrogen and oxygen atoms in total. The first-order valence-electron chi connectivity index (χ1n) is 3.57. The van der Waals surface area contributed by atoms with E-state index in [0.29, 0.717) is 5.69 Å². The Morgan fingerprint density at radius 2 is 2.38 bits per heavy atom. The van der Waals surface area contributed by atoms with E-state index >= 15 is 0 Å². The minimum Gasteiger partial charge on any atom is -0.506 e. The summed E-state index contributed by atoms with van der Waals surface area (Å²) >= 11 is 0. The zero-order chi connectivity index (χ0) is 9.84. The minimum absolute atomic E-state index is 0.0500. The SMILES string of the molecule is COc1cc(O)cnc1CC(=O)O. The van der Waals surface area contributed by atoms with Crippen LogP contribution in [0, 0.1) is 0 Å². The standard InChI is InChI=1S/C8H9NO4/c1-13-7-2-5(10)4-9-6(7)3-8(11)12/h2,4,10H,3H2,1H3,(H,11,12). The summed E-state index contributed by atoms with van der Waals surface area (Å²) in [4.78, 5) is 14.1. The molecule has 0 atom stereocenters. The fourth-order valence-electron chi connectivity index (χ4n) is 0.915. The Morgan fingerprint density at radius 1 is 1.69 bits per heavy atom. The van der Waals surface area contributed by atoms with E-state index in [1.54, 1.807) is 0 Å². The second-order valence-corrected chi connectivity index (χ2v) is 2.41. The number of methoxy groups -OCH3 is 1. The van der Waals surface area contributed by atoms with Gasteiger partial charge in [0.2, 0.25) is 0 Å². The Bertz CT molecular complexity index is 324. The normalized spacial score (nSPS) is 9.62. The van der Waals surface area contributed by atoms with E-state index in [1.165, 1.54) is 19.4 Å². The van der Waals surface area contributed by atoms with Crippen molar-refractivity contribution in [3.05, 3.63) is 18.0 Å². The predicted molar refractivity (Wildman–Crippen MR) is 43.8 cm³/mol. The van der Waals surface area contributed by atoms with Gasteiger partial charge in [0.25, 0.3) is 0 Å². The van der Waals surface area contributed by atoms with E-state index in [9.17, 15) is 4.79 Å². The highest BCUT2D eigenvalue weighted by molar-refractivity contribution is 5.70. The van der Waals surface area contributed by atoms with Crippen molar-refractivity contribution in [2.24, 2.45) is 0 Å².